The number of benzene rings is 1. The van der Waals surface area contributed by atoms with Crippen LogP contribution in [0, 0.1) is 0 Å². The summed E-state index contributed by atoms with van der Waals surface area (Å²) in [6.07, 6.45) is -1.22. The van der Waals surface area contributed by atoms with Gasteiger partial charge in [-0.15, -0.1) is 0 Å². The molecule has 0 unspecified atom stereocenters. The molecule has 1 aromatic rings. The largest absolute Gasteiger partial charge is 0.508 e. The van der Waals surface area contributed by atoms with Crippen LogP contribution in [0.2, 0.25) is 0 Å². The van der Waals surface area contributed by atoms with E-state index >= 15 is 0 Å². The third kappa shape index (κ3) is 11.2. The highest BCUT2D eigenvalue weighted by Gasteiger charge is 2.26. The number of phenols is 1. The molecule has 0 saturated heterocycles. The van der Waals surface area contributed by atoms with Crippen molar-refractivity contribution in [3.8, 4) is 5.75 Å². The highest BCUT2D eigenvalue weighted by molar-refractivity contribution is 5.90. The first-order valence-electron chi connectivity index (χ1n) is 8.32. The van der Waals surface area contributed by atoms with E-state index in [4.69, 9.17) is 37.0 Å². The zero-order valence-corrected chi connectivity index (χ0v) is 15.6. The number of nitrogens with one attached hydrogen (secondary N) is 1. The Morgan fingerprint density at radius 3 is 1.70 bits per heavy atom. The fourth-order valence-electron chi connectivity index (χ4n) is 1.91. The Labute approximate surface area is 169 Å². The molecular formula is C17H23N3O10. The molecular weight excluding hydrogens is 406 g/mol. The predicted molar refractivity (Wildman–Crippen MR) is 99.5 cm³/mol. The Morgan fingerprint density at radius 1 is 0.800 bits per heavy atom. The molecule has 10 N–H and O–H groups in total. The van der Waals surface area contributed by atoms with Crippen LogP contribution in [0.4, 0.5) is 0 Å². The van der Waals surface area contributed by atoms with Crippen molar-refractivity contribution < 1.29 is 49.5 Å². The molecule has 0 fully saturated rings. The summed E-state index contributed by atoms with van der Waals surface area (Å²) in [5, 5.41) is 44.7. The normalized spacial score (nSPS) is 13.0. The van der Waals surface area contributed by atoms with Crippen molar-refractivity contribution >= 4 is 29.8 Å². The lowest BCUT2D eigenvalue weighted by Gasteiger charge is -2.15. The molecule has 0 aliphatic carbocycles. The lowest BCUT2D eigenvalue weighted by Crippen LogP contribution is -2.49. The van der Waals surface area contributed by atoms with E-state index in [2.05, 4.69) is 0 Å². The number of carbonyl (C=O) groups is 5. The van der Waals surface area contributed by atoms with E-state index in [0.717, 1.165) is 5.56 Å². The highest BCUT2D eigenvalue weighted by atomic mass is 16.4. The summed E-state index contributed by atoms with van der Waals surface area (Å²) in [5.74, 6) is -6.16. The monoisotopic (exact) mass is 429 g/mol. The van der Waals surface area contributed by atoms with Gasteiger partial charge in [0.15, 0.2) is 0 Å². The van der Waals surface area contributed by atoms with Gasteiger partial charge < -0.3 is 42.3 Å². The van der Waals surface area contributed by atoms with Gasteiger partial charge in [0.25, 0.3) is 0 Å². The molecule has 13 nitrogen and oxygen atoms in total. The number of nitrogens with two attached hydrogens (primary N) is 2. The van der Waals surface area contributed by atoms with Crippen LogP contribution >= 0.6 is 0 Å². The summed E-state index contributed by atoms with van der Waals surface area (Å²) >= 11 is 0. The third-order valence-corrected chi connectivity index (χ3v) is 3.43. The molecule has 0 aliphatic heterocycles. The Hall–Kier alpha value is -3.71. The Bertz CT molecular complexity index is 766. The fraction of sp³-hybridized carbons (Fsp3) is 0.353. The molecule has 166 valence electrons. The highest BCUT2D eigenvalue weighted by Crippen LogP contribution is 2.10. The minimum atomic E-state index is -1.64. The molecule has 0 saturated carbocycles. The topological polar surface area (TPSA) is 251 Å². The van der Waals surface area contributed by atoms with Gasteiger partial charge in [-0.25, -0.2) is 4.79 Å². The van der Waals surface area contributed by atoms with Gasteiger partial charge in [-0.1, -0.05) is 12.1 Å². The number of carbonyl (C=O) groups excluding carboxylic acids is 1. The van der Waals surface area contributed by atoms with Crippen LogP contribution < -0.4 is 16.8 Å². The summed E-state index contributed by atoms with van der Waals surface area (Å²) in [6.45, 7) is 0. The number of carboxylic acid groups (broad SMARTS) is 4. The quantitative estimate of drug-likeness (QED) is 0.205. The van der Waals surface area contributed by atoms with Crippen molar-refractivity contribution in [2.24, 2.45) is 11.5 Å². The maximum atomic E-state index is 11.2. The lowest BCUT2D eigenvalue weighted by atomic mass is 10.1. The van der Waals surface area contributed by atoms with Crippen molar-refractivity contribution in [2.45, 2.75) is 37.4 Å². The zero-order chi connectivity index (χ0) is 23.4. The number of hydrogen-bond acceptors (Lipinski definition) is 8. The van der Waals surface area contributed by atoms with E-state index in [1.165, 1.54) is 12.1 Å². The van der Waals surface area contributed by atoms with Crippen LogP contribution in [0.15, 0.2) is 24.3 Å². The number of phenolic OH excluding ortho intramolecular Hbond substituents is 1. The molecule has 0 spiro atoms. The molecule has 0 heterocycles. The van der Waals surface area contributed by atoms with Crippen LogP contribution in [0.25, 0.3) is 0 Å². The van der Waals surface area contributed by atoms with Gasteiger partial charge >= 0.3 is 23.9 Å². The molecule has 1 aromatic carbocycles. The van der Waals surface area contributed by atoms with E-state index in [0.29, 0.717) is 0 Å². The number of carboxylic acids is 4. The number of hydrogen-bond donors (Lipinski definition) is 8. The predicted octanol–water partition coefficient (Wildman–Crippen LogP) is -1.82. The minimum absolute atomic E-state index is 0.160. The maximum Gasteiger partial charge on any atom is 0.326 e. The van der Waals surface area contributed by atoms with E-state index < -0.39 is 60.8 Å². The molecule has 30 heavy (non-hydrogen) atoms. The van der Waals surface area contributed by atoms with Crippen molar-refractivity contribution in [3.05, 3.63) is 29.8 Å². The summed E-state index contributed by atoms with van der Waals surface area (Å²) in [4.78, 5) is 52.7. The molecule has 13 heteroatoms. The van der Waals surface area contributed by atoms with Crippen LogP contribution in [-0.2, 0) is 30.4 Å². The van der Waals surface area contributed by atoms with Gasteiger partial charge in [0.05, 0.1) is 18.9 Å². The Morgan fingerprint density at radius 2 is 1.30 bits per heavy atom. The molecule has 0 aromatic heterocycles. The van der Waals surface area contributed by atoms with E-state index in [1.54, 1.807) is 12.1 Å². The van der Waals surface area contributed by atoms with Crippen molar-refractivity contribution in [3.63, 3.8) is 0 Å². The average Bonchev–Trinajstić information content (AvgIpc) is 2.62. The van der Waals surface area contributed by atoms with E-state index in [9.17, 15) is 24.0 Å². The SMILES string of the molecule is N[C@@H](CC(=O)O)C(=O)N[C@@H](CC(=O)O)C(=O)O.N[C@@H](Cc1ccc(O)cc1)C(=O)O. The lowest BCUT2D eigenvalue weighted by molar-refractivity contribution is -0.147. The summed E-state index contributed by atoms with van der Waals surface area (Å²) < 4.78 is 0. The summed E-state index contributed by atoms with van der Waals surface area (Å²) in [7, 11) is 0. The first-order valence-corrected chi connectivity index (χ1v) is 8.32. The second kappa shape index (κ2) is 12.7. The second-order valence-corrected chi connectivity index (χ2v) is 6.02. The van der Waals surface area contributed by atoms with Crippen molar-refractivity contribution in [1.29, 1.82) is 0 Å². The van der Waals surface area contributed by atoms with Crippen molar-refractivity contribution in [1.82, 2.24) is 5.32 Å². The molecule has 0 radical (unpaired) electrons. The molecule has 3 atom stereocenters. The van der Waals surface area contributed by atoms with Gasteiger partial charge in [-0.3, -0.25) is 19.2 Å². The average molecular weight is 429 g/mol. The van der Waals surface area contributed by atoms with E-state index in [-0.39, 0.29) is 12.2 Å². The summed E-state index contributed by atoms with van der Waals surface area (Å²) in [5.41, 5.74) is 11.3. The third-order valence-electron chi connectivity index (χ3n) is 3.43. The van der Waals surface area contributed by atoms with Crippen LogP contribution in [0.1, 0.15) is 18.4 Å². The van der Waals surface area contributed by atoms with Crippen LogP contribution in [0.5, 0.6) is 5.75 Å². The van der Waals surface area contributed by atoms with Crippen LogP contribution in [0.3, 0.4) is 0 Å². The first-order chi connectivity index (χ1) is 13.8. The maximum absolute atomic E-state index is 11.2. The van der Waals surface area contributed by atoms with Gasteiger partial charge in [-0.05, 0) is 24.1 Å². The first kappa shape index (κ1) is 26.3. The standard InChI is InChI=1S/C9H11NO3.C8H12N2O7/c10-8(9(12)13)5-6-1-3-7(11)4-2-6;9-3(1-5(11)12)7(15)10-4(8(16)17)2-6(13)14/h1-4,8,11H,5,10H2,(H,12,13);3-4H,1-2,9H2,(H,10,15)(H,11,12)(H,13,14)(H,16,17)/t8-;3-,4-/m00/s1. The molecule has 1 rings (SSSR count). The molecule has 0 aliphatic rings. The smallest absolute Gasteiger partial charge is 0.326 e. The van der Waals surface area contributed by atoms with Gasteiger partial charge in [0, 0.05) is 0 Å². The minimum Gasteiger partial charge on any atom is -0.508 e. The number of rotatable bonds is 10. The molecule has 1 amide bonds. The number of aromatic hydroxyl groups is 1. The fourth-order valence-corrected chi connectivity index (χ4v) is 1.91. The van der Waals surface area contributed by atoms with Crippen molar-refractivity contribution in [2.75, 3.05) is 0 Å². The molecule has 0 bridgehead atoms. The van der Waals surface area contributed by atoms with Gasteiger partial charge in [0.2, 0.25) is 5.91 Å². The second-order valence-electron chi connectivity index (χ2n) is 6.02. The Balaban J connectivity index is 0.000000579. The number of amides is 1. The van der Waals surface area contributed by atoms with Gasteiger partial charge in [0.1, 0.15) is 17.8 Å². The zero-order valence-electron chi connectivity index (χ0n) is 15.6. The van der Waals surface area contributed by atoms with Gasteiger partial charge in [-0.2, -0.15) is 0 Å². The summed E-state index contributed by atoms with van der Waals surface area (Å²) in [6, 6.07) is 2.36. The van der Waals surface area contributed by atoms with E-state index in [1.807, 2.05) is 5.32 Å². The Kier molecular flexibility index (Phi) is 11.1. The number of aliphatic carboxylic acids is 4. The van der Waals surface area contributed by atoms with Crippen LogP contribution in [-0.4, -0.2) is 73.4 Å².